The number of nitrogens with one attached hydrogen (secondary N) is 1. The van der Waals surface area contributed by atoms with Gasteiger partial charge in [-0.05, 0) is 6.07 Å². The van der Waals surface area contributed by atoms with Crippen LogP contribution in [0, 0.1) is 11.3 Å². The van der Waals surface area contributed by atoms with Crippen LogP contribution in [-0.2, 0) is 0 Å². The monoisotopic (exact) mass is 162 g/mol. The van der Waals surface area contributed by atoms with Crippen LogP contribution in [0.4, 0.5) is 5.00 Å². The molecule has 0 amide bonds. The predicted octanol–water partition coefficient (Wildman–Crippen LogP) is 2.06. The molecule has 0 radical (unpaired) electrons. The smallest absolute Gasteiger partial charge is 0.110 e. The predicted molar refractivity (Wildman–Crippen MR) is 46.6 cm³/mol. The van der Waals surface area contributed by atoms with Crippen molar-refractivity contribution < 1.29 is 0 Å². The summed E-state index contributed by atoms with van der Waals surface area (Å²) in [6, 6.07) is 4.03. The number of hydrogen-bond acceptors (Lipinski definition) is 3. The third-order valence-corrected chi connectivity index (χ3v) is 2.56. The zero-order valence-corrected chi connectivity index (χ0v) is 6.61. The van der Waals surface area contributed by atoms with E-state index in [0.717, 1.165) is 22.0 Å². The van der Waals surface area contributed by atoms with E-state index in [1.807, 2.05) is 12.1 Å². The van der Waals surface area contributed by atoms with Crippen LogP contribution in [0.1, 0.15) is 10.4 Å². The maximum absolute atomic E-state index is 8.60. The summed E-state index contributed by atoms with van der Waals surface area (Å²) < 4.78 is 0. The standard InChI is InChI=1S/C8H6N2S/c9-5-7-4-6-2-1-3-10-8(6)11-7/h1-2,4,10H,3H2. The third kappa shape index (κ3) is 1.02. The van der Waals surface area contributed by atoms with Crippen LogP contribution in [0.25, 0.3) is 6.08 Å². The maximum Gasteiger partial charge on any atom is 0.110 e. The molecule has 2 rings (SSSR count). The summed E-state index contributed by atoms with van der Waals surface area (Å²) in [6.07, 6.45) is 4.10. The third-order valence-electron chi connectivity index (χ3n) is 1.55. The molecule has 0 unspecified atom stereocenters. The molecule has 1 aliphatic rings. The molecule has 54 valence electrons. The molecule has 0 fully saturated rings. The lowest BCUT2D eigenvalue weighted by atomic mass is 10.2. The van der Waals surface area contributed by atoms with Crippen LogP contribution in [0.2, 0.25) is 0 Å². The number of thiophene rings is 1. The van der Waals surface area contributed by atoms with Crippen LogP contribution < -0.4 is 5.32 Å². The number of hydrogen-bond donors (Lipinski definition) is 1. The van der Waals surface area contributed by atoms with Crippen molar-refractivity contribution in [2.75, 3.05) is 11.9 Å². The summed E-state index contributed by atoms with van der Waals surface area (Å²) in [5, 5.41) is 12.9. The van der Waals surface area contributed by atoms with E-state index in [0.29, 0.717) is 0 Å². The lowest BCUT2D eigenvalue weighted by molar-refractivity contribution is 1.35. The Hall–Kier alpha value is -1.27. The van der Waals surface area contributed by atoms with Gasteiger partial charge in [-0.1, -0.05) is 12.2 Å². The molecule has 0 saturated carbocycles. The van der Waals surface area contributed by atoms with Crippen molar-refractivity contribution in [2.24, 2.45) is 0 Å². The second-order valence-corrected chi connectivity index (χ2v) is 3.34. The van der Waals surface area contributed by atoms with Crippen LogP contribution >= 0.6 is 11.3 Å². The molecular weight excluding hydrogens is 156 g/mol. The van der Waals surface area contributed by atoms with Gasteiger partial charge in [-0.2, -0.15) is 5.26 Å². The SMILES string of the molecule is N#Cc1cc2c(s1)NCC=C2. The van der Waals surface area contributed by atoms with Gasteiger partial charge < -0.3 is 5.32 Å². The normalized spacial score (nSPS) is 13.4. The Labute approximate surface area is 68.8 Å². The van der Waals surface area contributed by atoms with E-state index in [4.69, 9.17) is 5.26 Å². The van der Waals surface area contributed by atoms with Gasteiger partial charge in [0, 0.05) is 12.1 Å². The van der Waals surface area contributed by atoms with Gasteiger partial charge in [0.15, 0.2) is 0 Å². The van der Waals surface area contributed by atoms with Crippen molar-refractivity contribution in [1.82, 2.24) is 0 Å². The van der Waals surface area contributed by atoms with E-state index in [1.54, 1.807) is 0 Å². The molecule has 0 saturated heterocycles. The second-order valence-electron chi connectivity index (χ2n) is 2.29. The minimum absolute atomic E-state index is 0.772. The summed E-state index contributed by atoms with van der Waals surface area (Å²) in [7, 11) is 0. The fourth-order valence-electron chi connectivity index (χ4n) is 1.06. The van der Waals surface area contributed by atoms with Crippen molar-refractivity contribution in [3.8, 4) is 6.07 Å². The molecule has 2 nitrogen and oxygen atoms in total. The highest BCUT2D eigenvalue weighted by atomic mass is 32.1. The minimum Gasteiger partial charge on any atom is -0.373 e. The number of nitriles is 1. The van der Waals surface area contributed by atoms with Crippen molar-refractivity contribution in [3.05, 3.63) is 22.6 Å². The van der Waals surface area contributed by atoms with E-state index in [-0.39, 0.29) is 0 Å². The zero-order valence-electron chi connectivity index (χ0n) is 5.79. The van der Waals surface area contributed by atoms with E-state index in [1.165, 1.54) is 11.3 Å². The summed E-state index contributed by atoms with van der Waals surface area (Å²) in [4.78, 5) is 0.772. The van der Waals surface area contributed by atoms with E-state index in [9.17, 15) is 0 Å². The Kier molecular flexibility index (Phi) is 1.41. The van der Waals surface area contributed by atoms with Crippen molar-refractivity contribution in [2.45, 2.75) is 0 Å². The van der Waals surface area contributed by atoms with Gasteiger partial charge in [-0.15, -0.1) is 11.3 Å². The van der Waals surface area contributed by atoms with Crippen LogP contribution in [-0.4, -0.2) is 6.54 Å². The Morgan fingerprint density at radius 2 is 2.55 bits per heavy atom. The van der Waals surface area contributed by atoms with Crippen molar-refractivity contribution in [1.29, 1.82) is 5.26 Å². The van der Waals surface area contributed by atoms with Gasteiger partial charge in [0.2, 0.25) is 0 Å². The molecule has 1 N–H and O–H groups in total. The first-order valence-electron chi connectivity index (χ1n) is 3.34. The minimum atomic E-state index is 0.772. The average molecular weight is 162 g/mol. The van der Waals surface area contributed by atoms with Crippen LogP contribution in [0.5, 0.6) is 0 Å². The maximum atomic E-state index is 8.60. The summed E-state index contributed by atoms with van der Waals surface area (Å²) in [6.45, 7) is 0.873. The lowest BCUT2D eigenvalue weighted by Crippen LogP contribution is -2.00. The van der Waals surface area contributed by atoms with Gasteiger partial charge in [-0.3, -0.25) is 0 Å². The molecule has 1 aliphatic heterocycles. The highest BCUT2D eigenvalue weighted by Gasteiger charge is 2.07. The molecule has 11 heavy (non-hydrogen) atoms. The topological polar surface area (TPSA) is 35.8 Å². The Morgan fingerprint density at radius 3 is 3.27 bits per heavy atom. The van der Waals surface area contributed by atoms with Crippen LogP contribution in [0.3, 0.4) is 0 Å². The number of anilines is 1. The number of nitrogens with zero attached hydrogens (tertiary/aromatic N) is 1. The molecule has 0 atom stereocenters. The molecule has 0 aliphatic carbocycles. The van der Waals surface area contributed by atoms with Gasteiger partial charge in [-0.25, -0.2) is 0 Å². The first-order chi connectivity index (χ1) is 5.40. The highest BCUT2D eigenvalue weighted by Crippen LogP contribution is 2.30. The molecule has 1 aromatic heterocycles. The Morgan fingerprint density at radius 1 is 1.64 bits per heavy atom. The first-order valence-corrected chi connectivity index (χ1v) is 4.16. The Bertz CT molecular complexity index is 343. The quantitative estimate of drug-likeness (QED) is 0.633. The molecule has 0 bridgehead atoms. The molecule has 3 heteroatoms. The van der Waals surface area contributed by atoms with Crippen LogP contribution in [0.15, 0.2) is 12.1 Å². The number of rotatable bonds is 0. The molecule has 1 aromatic rings. The van der Waals surface area contributed by atoms with Gasteiger partial charge >= 0.3 is 0 Å². The van der Waals surface area contributed by atoms with E-state index >= 15 is 0 Å². The van der Waals surface area contributed by atoms with Gasteiger partial charge in [0.1, 0.15) is 10.9 Å². The second kappa shape index (κ2) is 2.40. The van der Waals surface area contributed by atoms with E-state index in [2.05, 4.69) is 17.5 Å². The molecule has 0 spiro atoms. The van der Waals surface area contributed by atoms with E-state index < -0.39 is 0 Å². The molecular formula is C8H6N2S. The summed E-state index contributed by atoms with van der Waals surface area (Å²) >= 11 is 1.51. The molecule has 0 aromatic carbocycles. The average Bonchev–Trinajstić information content (AvgIpc) is 2.46. The highest BCUT2D eigenvalue weighted by molar-refractivity contribution is 7.16. The molecule has 2 heterocycles. The zero-order chi connectivity index (χ0) is 7.68. The number of fused-ring (bicyclic) bond motifs is 1. The lowest BCUT2D eigenvalue weighted by Gasteiger charge is -2.05. The van der Waals surface area contributed by atoms with Gasteiger partial charge in [0.25, 0.3) is 0 Å². The summed E-state index contributed by atoms with van der Waals surface area (Å²) in [5.41, 5.74) is 1.14. The fourth-order valence-corrected chi connectivity index (χ4v) is 1.91. The van der Waals surface area contributed by atoms with Crippen molar-refractivity contribution in [3.63, 3.8) is 0 Å². The first kappa shape index (κ1) is 6.44. The Balaban J connectivity index is 2.52. The van der Waals surface area contributed by atoms with Gasteiger partial charge in [0.05, 0.1) is 5.00 Å². The largest absolute Gasteiger partial charge is 0.373 e. The summed E-state index contributed by atoms with van der Waals surface area (Å²) in [5.74, 6) is 0. The fraction of sp³-hybridized carbons (Fsp3) is 0.125. The van der Waals surface area contributed by atoms with Crippen molar-refractivity contribution >= 4 is 22.4 Å².